The fraction of sp³-hybridized carbons (Fsp3) is 1.00. The van der Waals surface area contributed by atoms with Gasteiger partial charge in [-0.3, -0.25) is 0 Å². The van der Waals surface area contributed by atoms with Crippen molar-refractivity contribution in [3.05, 3.63) is 0 Å². The molecule has 0 fully saturated rings. The summed E-state index contributed by atoms with van der Waals surface area (Å²) in [4.78, 5) is 0. The van der Waals surface area contributed by atoms with Crippen LogP contribution in [0.5, 0.6) is 0 Å². The first-order chi connectivity index (χ1) is 5.43. The Kier molecular flexibility index (Phi) is 4.80. The van der Waals surface area contributed by atoms with E-state index < -0.39 is 0 Å². The molecule has 0 radical (unpaired) electrons. The van der Waals surface area contributed by atoms with Gasteiger partial charge in [0, 0.05) is 7.11 Å². The van der Waals surface area contributed by atoms with Gasteiger partial charge in [0.15, 0.2) is 0 Å². The molecule has 2 unspecified atom stereocenters. The van der Waals surface area contributed by atoms with E-state index in [4.69, 9.17) is 4.74 Å². The van der Waals surface area contributed by atoms with Gasteiger partial charge < -0.3 is 9.84 Å². The molecule has 74 valence electrons. The number of hydrogen-bond donors (Lipinski definition) is 1. The molecule has 2 heteroatoms. The Balaban J connectivity index is 3.90. The number of ether oxygens (including phenoxy) is 1. The SMILES string of the molecule is CCC(O)C(C)CC(C)(C)OC. The van der Waals surface area contributed by atoms with Gasteiger partial charge in [-0.2, -0.15) is 0 Å². The minimum atomic E-state index is -0.195. The predicted octanol–water partition coefficient (Wildman–Crippen LogP) is 2.21. The van der Waals surface area contributed by atoms with Crippen LogP contribution in [0.2, 0.25) is 0 Å². The van der Waals surface area contributed by atoms with Crippen LogP contribution < -0.4 is 0 Å². The summed E-state index contributed by atoms with van der Waals surface area (Å²) in [7, 11) is 1.71. The Hall–Kier alpha value is -0.0800. The topological polar surface area (TPSA) is 29.5 Å². The summed E-state index contributed by atoms with van der Waals surface area (Å²) in [5, 5.41) is 9.53. The summed E-state index contributed by atoms with van der Waals surface area (Å²) in [5.41, 5.74) is -0.116. The molecule has 1 N–H and O–H groups in total. The molecule has 0 aromatic heterocycles. The first-order valence-electron chi connectivity index (χ1n) is 4.66. The second-order valence-corrected chi connectivity index (χ2v) is 4.12. The van der Waals surface area contributed by atoms with Crippen LogP contribution in [0.3, 0.4) is 0 Å². The third-order valence-corrected chi connectivity index (χ3v) is 2.44. The average Bonchev–Trinajstić information content (AvgIpc) is 2.02. The van der Waals surface area contributed by atoms with Crippen molar-refractivity contribution in [3.8, 4) is 0 Å². The van der Waals surface area contributed by atoms with Crippen LogP contribution in [0.15, 0.2) is 0 Å². The Labute approximate surface area is 75.9 Å². The summed E-state index contributed by atoms with van der Waals surface area (Å²) in [6.07, 6.45) is 1.53. The van der Waals surface area contributed by atoms with Gasteiger partial charge >= 0.3 is 0 Å². The lowest BCUT2D eigenvalue weighted by Crippen LogP contribution is -2.30. The summed E-state index contributed by atoms with van der Waals surface area (Å²) in [6.45, 7) is 8.16. The molecule has 2 atom stereocenters. The van der Waals surface area contributed by atoms with Crippen LogP contribution in [0.1, 0.15) is 40.5 Å². The molecule has 0 saturated carbocycles. The lowest BCUT2D eigenvalue weighted by molar-refractivity contribution is -0.0172. The van der Waals surface area contributed by atoms with Crippen LogP contribution >= 0.6 is 0 Å². The van der Waals surface area contributed by atoms with Crippen molar-refractivity contribution in [2.24, 2.45) is 5.92 Å². The largest absolute Gasteiger partial charge is 0.393 e. The summed E-state index contributed by atoms with van der Waals surface area (Å²) >= 11 is 0. The quantitative estimate of drug-likeness (QED) is 0.692. The first-order valence-corrected chi connectivity index (χ1v) is 4.66. The third-order valence-electron chi connectivity index (χ3n) is 2.44. The molecule has 0 aliphatic carbocycles. The van der Waals surface area contributed by atoms with E-state index >= 15 is 0 Å². The molecular weight excluding hydrogens is 152 g/mol. The molecule has 2 nitrogen and oxygen atoms in total. The van der Waals surface area contributed by atoms with E-state index in [1.54, 1.807) is 7.11 Å². The smallest absolute Gasteiger partial charge is 0.0626 e. The van der Waals surface area contributed by atoms with Crippen molar-refractivity contribution in [2.75, 3.05) is 7.11 Å². The molecule has 0 rings (SSSR count). The second kappa shape index (κ2) is 4.83. The molecule has 0 amide bonds. The van der Waals surface area contributed by atoms with Gasteiger partial charge in [0.2, 0.25) is 0 Å². The van der Waals surface area contributed by atoms with Crippen molar-refractivity contribution in [2.45, 2.75) is 52.2 Å². The van der Waals surface area contributed by atoms with Crippen molar-refractivity contribution < 1.29 is 9.84 Å². The van der Waals surface area contributed by atoms with E-state index in [-0.39, 0.29) is 11.7 Å². The van der Waals surface area contributed by atoms with Crippen molar-refractivity contribution >= 4 is 0 Å². The molecule has 0 aliphatic rings. The van der Waals surface area contributed by atoms with Crippen molar-refractivity contribution in [3.63, 3.8) is 0 Å². The summed E-state index contributed by atoms with van der Waals surface area (Å²) in [5.74, 6) is 0.310. The van der Waals surface area contributed by atoms with Gasteiger partial charge in [-0.1, -0.05) is 13.8 Å². The summed E-state index contributed by atoms with van der Waals surface area (Å²) in [6, 6.07) is 0. The number of aliphatic hydroxyl groups excluding tert-OH is 1. The van der Waals surface area contributed by atoms with Gasteiger partial charge in [-0.05, 0) is 32.6 Å². The van der Waals surface area contributed by atoms with Crippen molar-refractivity contribution in [1.82, 2.24) is 0 Å². The predicted molar refractivity (Wildman–Crippen MR) is 51.2 cm³/mol. The van der Waals surface area contributed by atoms with E-state index in [9.17, 15) is 5.11 Å². The minimum absolute atomic E-state index is 0.116. The van der Waals surface area contributed by atoms with Crippen LogP contribution in [0, 0.1) is 5.92 Å². The second-order valence-electron chi connectivity index (χ2n) is 4.12. The minimum Gasteiger partial charge on any atom is -0.393 e. The van der Waals surface area contributed by atoms with Gasteiger partial charge in [0.1, 0.15) is 0 Å². The standard InChI is InChI=1S/C10H22O2/c1-6-9(11)8(2)7-10(3,4)12-5/h8-9,11H,6-7H2,1-5H3. The van der Waals surface area contributed by atoms with Gasteiger partial charge in [0.05, 0.1) is 11.7 Å². The highest BCUT2D eigenvalue weighted by molar-refractivity contribution is 4.74. The summed E-state index contributed by atoms with van der Waals surface area (Å²) < 4.78 is 5.29. The normalized spacial score (nSPS) is 17.5. The van der Waals surface area contributed by atoms with Gasteiger partial charge in [0.25, 0.3) is 0 Å². The van der Waals surface area contributed by atoms with Crippen LogP contribution in [-0.4, -0.2) is 23.9 Å². The maximum absolute atomic E-state index is 9.53. The lowest BCUT2D eigenvalue weighted by Gasteiger charge is -2.28. The van der Waals surface area contributed by atoms with Gasteiger partial charge in [-0.25, -0.2) is 0 Å². The highest BCUT2D eigenvalue weighted by Gasteiger charge is 2.23. The first kappa shape index (κ1) is 11.9. The van der Waals surface area contributed by atoms with E-state index in [1.165, 1.54) is 0 Å². The molecule has 0 saturated heterocycles. The molecule has 0 heterocycles. The van der Waals surface area contributed by atoms with Gasteiger partial charge in [-0.15, -0.1) is 0 Å². The molecule has 0 aromatic carbocycles. The zero-order chi connectivity index (χ0) is 9.78. The number of methoxy groups -OCH3 is 1. The Morgan fingerprint density at radius 3 is 2.25 bits per heavy atom. The molecule has 0 spiro atoms. The zero-order valence-corrected chi connectivity index (χ0v) is 8.92. The monoisotopic (exact) mass is 174 g/mol. The highest BCUT2D eigenvalue weighted by atomic mass is 16.5. The fourth-order valence-electron chi connectivity index (χ4n) is 1.40. The molecule has 12 heavy (non-hydrogen) atoms. The fourth-order valence-corrected chi connectivity index (χ4v) is 1.40. The number of hydrogen-bond acceptors (Lipinski definition) is 2. The van der Waals surface area contributed by atoms with Crippen LogP contribution in [0.25, 0.3) is 0 Å². The molecule has 0 aromatic rings. The Bertz CT molecular complexity index is 121. The van der Waals surface area contributed by atoms with Crippen LogP contribution in [-0.2, 0) is 4.74 Å². The Morgan fingerprint density at radius 2 is 1.92 bits per heavy atom. The molecule has 0 aliphatic heterocycles. The Morgan fingerprint density at radius 1 is 1.42 bits per heavy atom. The average molecular weight is 174 g/mol. The number of aliphatic hydroxyl groups is 1. The lowest BCUT2D eigenvalue weighted by atomic mass is 9.90. The molecular formula is C10H22O2. The maximum atomic E-state index is 9.53. The number of rotatable bonds is 5. The third kappa shape index (κ3) is 4.07. The molecule has 0 bridgehead atoms. The van der Waals surface area contributed by atoms with E-state index in [2.05, 4.69) is 6.92 Å². The van der Waals surface area contributed by atoms with E-state index in [0.717, 1.165) is 12.8 Å². The van der Waals surface area contributed by atoms with Crippen molar-refractivity contribution in [1.29, 1.82) is 0 Å². The maximum Gasteiger partial charge on any atom is 0.0626 e. The van der Waals surface area contributed by atoms with Crippen LogP contribution in [0.4, 0.5) is 0 Å². The highest BCUT2D eigenvalue weighted by Crippen LogP contribution is 2.22. The van der Waals surface area contributed by atoms with E-state index in [1.807, 2.05) is 20.8 Å². The zero-order valence-electron chi connectivity index (χ0n) is 8.92. The van der Waals surface area contributed by atoms with E-state index in [0.29, 0.717) is 5.92 Å².